The summed E-state index contributed by atoms with van der Waals surface area (Å²) in [5.41, 5.74) is -5.82. The van der Waals surface area contributed by atoms with Crippen LogP contribution in [-0.4, -0.2) is 91.6 Å². The van der Waals surface area contributed by atoms with Gasteiger partial charge in [-0.25, -0.2) is 4.79 Å². The van der Waals surface area contributed by atoms with E-state index in [1.807, 2.05) is 25.2 Å². The number of likely N-dealkylation sites (N-methyl/N-ethyl adjacent to an activating group) is 1. The van der Waals surface area contributed by atoms with Crippen LogP contribution in [0.5, 0.6) is 0 Å². The number of carbonyl (C=O) groups is 2. The summed E-state index contributed by atoms with van der Waals surface area (Å²) in [4.78, 5) is 28.3. The van der Waals surface area contributed by atoms with Gasteiger partial charge in [0.2, 0.25) is 0 Å². The average molecular weight is 866 g/mol. The van der Waals surface area contributed by atoms with Gasteiger partial charge in [0.1, 0.15) is 18.0 Å². The molecule has 1 aromatic rings. The zero-order valence-electron chi connectivity index (χ0n) is 37.6. The molecular weight excluding hydrogens is 795 g/mol. The van der Waals surface area contributed by atoms with Crippen LogP contribution in [0.25, 0.3) is 0 Å². The molecule has 1 spiro atoms. The van der Waals surface area contributed by atoms with Crippen molar-refractivity contribution in [1.82, 2.24) is 5.32 Å². The van der Waals surface area contributed by atoms with Crippen molar-refractivity contribution in [1.29, 1.82) is 0 Å². The van der Waals surface area contributed by atoms with Crippen LogP contribution in [0.3, 0.4) is 0 Å². The number of esters is 1. The Hall–Kier alpha value is -2.88. The molecule has 9 aliphatic rings. The first-order valence-corrected chi connectivity index (χ1v) is 24.7. The van der Waals surface area contributed by atoms with Crippen LogP contribution in [0, 0.1) is 81.3 Å². The lowest BCUT2D eigenvalue weighted by Crippen LogP contribution is -2.82. The standard InChI is InChI=1S/C53H71NO9/c1-4-5-6-13-34-25-48(29-56)44-17-19-49-18-8-7-12-32-14-10-16-35(28-55)39(32)23-43(54-3)40-21-36(50(49,30-57)42-24-45(58)63-47(40)42)27-52(49,61)51(44,60)26-37-22-38-31(2)11-9-15-33(38)20-41(46(34)59)53(37,48)62/h9-10,14-16,24,29,31,33-34,36-38,40-41,43-44,46-47,54-55,57,59-62H,4-6,8,11,13,17-23,25-28,30H2,1-3H3/t31-,33-,34+,36+,37-,38-,40+,41-,43+,44-,46+,47+,48+,49-,50-,51+,52-,53+/m1/s1. The first kappa shape index (κ1) is 44.0. The van der Waals surface area contributed by atoms with Gasteiger partial charge in [0.15, 0.2) is 0 Å². The molecule has 0 unspecified atom stereocenters. The third-order valence-electron chi connectivity index (χ3n) is 20.5. The molecule has 0 amide bonds. The van der Waals surface area contributed by atoms with Crippen LogP contribution in [-0.2, 0) is 27.4 Å². The molecule has 10 rings (SSSR count). The molecule has 18 atom stereocenters. The Labute approximate surface area is 373 Å². The predicted molar refractivity (Wildman–Crippen MR) is 236 cm³/mol. The van der Waals surface area contributed by atoms with Gasteiger partial charge in [-0.1, -0.05) is 69.2 Å². The largest absolute Gasteiger partial charge is 0.454 e. The summed E-state index contributed by atoms with van der Waals surface area (Å²) in [7, 11) is 1.90. The molecule has 0 saturated heterocycles. The monoisotopic (exact) mass is 866 g/mol. The smallest absolute Gasteiger partial charge is 0.331 e. The van der Waals surface area contributed by atoms with Crippen LogP contribution in [0.4, 0.5) is 0 Å². The highest BCUT2D eigenvalue weighted by Gasteiger charge is 2.86. The number of nitrogens with one attached hydrogen (secondary N) is 1. The number of ether oxygens (including phenoxy) is 1. The number of benzene rings is 1. The minimum atomic E-state index is -1.86. The third-order valence-corrected chi connectivity index (χ3v) is 20.5. The van der Waals surface area contributed by atoms with Crippen LogP contribution >= 0.6 is 0 Å². The maximum absolute atomic E-state index is 14.6. The molecule has 1 aromatic carbocycles. The van der Waals surface area contributed by atoms with Gasteiger partial charge < -0.3 is 45.5 Å². The van der Waals surface area contributed by atoms with Gasteiger partial charge in [-0.2, -0.15) is 0 Å². The van der Waals surface area contributed by atoms with Crippen molar-refractivity contribution < 1.29 is 45.0 Å². The molecule has 0 radical (unpaired) electrons. The first-order valence-electron chi connectivity index (χ1n) is 24.7. The number of rotatable bonds is 8. The molecule has 6 saturated carbocycles. The highest BCUT2D eigenvalue weighted by molar-refractivity contribution is 5.87. The Balaban J connectivity index is 1.17. The SMILES string of the molecule is CCCCC[C@H]1C[C@]2(C=O)[C@H]3CC[C@@]45CCC#Cc6cccc(CO)c6C[C@H](NC)[C@@H]6C[C@@H](C[C@]4(O)[C@]3(O)C[C@H]3C[C@@H]4[C@H](C)CC=C[C@@H]4C[C@H]([C@H]1O)[C@@]32O)[C@]5(CO)C1=CC(=O)O[C@H]16. The number of aliphatic hydroxyl groups excluding tert-OH is 3. The highest BCUT2D eigenvalue weighted by Crippen LogP contribution is 2.81. The van der Waals surface area contributed by atoms with Gasteiger partial charge in [-0.05, 0) is 142 Å². The fraction of sp³-hybridized carbons (Fsp3) is 0.736. The van der Waals surface area contributed by atoms with Crippen molar-refractivity contribution in [2.45, 2.75) is 158 Å². The molecule has 342 valence electrons. The van der Waals surface area contributed by atoms with Gasteiger partial charge in [-0.15, -0.1) is 0 Å². The number of aldehydes is 1. The van der Waals surface area contributed by atoms with Crippen molar-refractivity contribution in [2.75, 3.05) is 13.7 Å². The van der Waals surface area contributed by atoms with Crippen LogP contribution in [0.15, 0.2) is 42.0 Å². The molecular formula is C53H71NO9. The van der Waals surface area contributed by atoms with Crippen molar-refractivity contribution in [3.63, 3.8) is 0 Å². The van der Waals surface area contributed by atoms with Gasteiger partial charge in [0.25, 0.3) is 0 Å². The van der Waals surface area contributed by atoms with E-state index >= 15 is 0 Å². The molecule has 63 heavy (non-hydrogen) atoms. The zero-order valence-corrected chi connectivity index (χ0v) is 37.6. The van der Waals surface area contributed by atoms with E-state index in [0.29, 0.717) is 62.9 Å². The number of unbranched alkanes of at least 4 members (excludes halogenated alkanes) is 2. The van der Waals surface area contributed by atoms with E-state index in [9.17, 15) is 40.2 Å². The molecule has 6 fully saturated rings. The second-order valence-corrected chi connectivity index (χ2v) is 22.2. The summed E-state index contributed by atoms with van der Waals surface area (Å²) in [6, 6.07) is 5.57. The fourth-order valence-corrected chi connectivity index (χ4v) is 17.9. The van der Waals surface area contributed by atoms with Gasteiger partial charge >= 0.3 is 5.97 Å². The minimum Gasteiger partial charge on any atom is -0.454 e. The molecule has 1 heterocycles. The summed E-state index contributed by atoms with van der Waals surface area (Å²) in [6.45, 7) is 3.91. The molecule has 0 aromatic heterocycles. The van der Waals surface area contributed by atoms with Crippen molar-refractivity contribution >= 4 is 12.3 Å². The van der Waals surface area contributed by atoms with E-state index < -0.39 is 69.0 Å². The first-order chi connectivity index (χ1) is 30.3. The number of hydrogen-bond donors (Lipinski definition) is 7. The van der Waals surface area contributed by atoms with Gasteiger partial charge in [0, 0.05) is 52.7 Å². The molecule has 10 heteroatoms. The van der Waals surface area contributed by atoms with Gasteiger partial charge in [-0.3, -0.25) is 0 Å². The van der Waals surface area contributed by atoms with E-state index in [2.05, 4.69) is 43.2 Å². The van der Waals surface area contributed by atoms with Crippen LogP contribution in [0.2, 0.25) is 0 Å². The molecule has 8 aliphatic carbocycles. The third kappa shape index (κ3) is 5.63. The topological polar surface area (TPSA) is 177 Å². The van der Waals surface area contributed by atoms with Crippen LogP contribution < -0.4 is 5.32 Å². The van der Waals surface area contributed by atoms with Crippen molar-refractivity contribution in [3.8, 4) is 11.8 Å². The van der Waals surface area contributed by atoms with E-state index in [1.165, 1.54) is 0 Å². The zero-order chi connectivity index (χ0) is 44.3. The van der Waals surface area contributed by atoms with Gasteiger partial charge in [0.05, 0.1) is 35.9 Å². The maximum Gasteiger partial charge on any atom is 0.331 e. The minimum absolute atomic E-state index is 0.0725. The molecule has 7 N–H and O–H groups in total. The lowest BCUT2D eigenvalue weighted by molar-refractivity contribution is -0.352. The molecule has 4 bridgehead atoms. The normalized spacial score (nSPS) is 49.0. The summed E-state index contributed by atoms with van der Waals surface area (Å²) >= 11 is 0. The Morgan fingerprint density at radius 2 is 1.83 bits per heavy atom. The maximum atomic E-state index is 14.6. The predicted octanol–water partition coefficient (Wildman–Crippen LogP) is 5.32. The fourth-order valence-electron chi connectivity index (χ4n) is 17.9. The summed E-state index contributed by atoms with van der Waals surface area (Å²) < 4.78 is 6.29. The highest BCUT2D eigenvalue weighted by atomic mass is 16.5. The van der Waals surface area contributed by atoms with Crippen LogP contribution in [0.1, 0.15) is 127 Å². The quantitative estimate of drug-likeness (QED) is 0.0596. The lowest BCUT2D eigenvalue weighted by Gasteiger charge is -2.73. The average Bonchev–Trinajstić information content (AvgIpc) is 3.73. The number of fused-ring (bicyclic) bond motifs is 8. The Bertz CT molecular complexity index is 2130. The number of hydrogen-bond acceptors (Lipinski definition) is 10. The second kappa shape index (κ2) is 15.6. The summed E-state index contributed by atoms with van der Waals surface area (Å²) in [5, 5.41) is 81.5. The Morgan fingerprint density at radius 1 is 1.02 bits per heavy atom. The second-order valence-electron chi connectivity index (χ2n) is 22.2. The van der Waals surface area contributed by atoms with E-state index in [1.54, 1.807) is 6.08 Å². The number of carbonyl (C=O) groups excluding carboxylic acids is 2. The lowest BCUT2D eigenvalue weighted by atomic mass is 9.34. The molecule has 10 nitrogen and oxygen atoms in total. The summed E-state index contributed by atoms with van der Waals surface area (Å²) in [6.07, 6.45) is 14.0. The van der Waals surface area contributed by atoms with E-state index in [-0.39, 0.29) is 68.1 Å². The van der Waals surface area contributed by atoms with Crippen molar-refractivity contribution in [2.24, 2.45) is 69.5 Å². The summed E-state index contributed by atoms with van der Waals surface area (Å²) in [5.74, 6) is 4.16. The van der Waals surface area contributed by atoms with E-state index in [4.69, 9.17) is 4.74 Å². The molecule has 1 aliphatic heterocycles. The Kier molecular flexibility index (Phi) is 10.9. The number of aliphatic hydroxyl groups is 6. The number of allylic oxidation sites excluding steroid dienone is 2. The van der Waals surface area contributed by atoms with E-state index in [0.717, 1.165) is 55.1 Å². The Morgan fingerprint density at radius 3 is 2.57 bits per heavy atom. The van der Waals surface area contributed by atoms with Crippen molar-refractivity contribution in [3.05, 3.63) is 58.7 Å².